The van der Waals surface area contributed by atoms with E-state index in [1.807, 2.05) is 24.4 Å². The van der Waals surface area contributed by atoms with Crippen molar-refractivity contribution in [3.05, 3.63) is 158 Å². The maximum absolute atomic E-state index is 6.62. The Balaban J connectivity index is 1.13. The molecule has 9 rings (SSSR count). The van der Waals surface area contributed by atoms with Crippen molar-refractivity contribution >= 4 is 38.4 Å². The van der Waals surface area contributed by atoms with Crippen LogP contribution in [-0.4, -0.2) is 9.38 Å². The third-order valence-corrected chi connectivity index (χ3v) is 8.64. The van der Waals surface area contributed by atoms with Gasteiger partial charge in [0.2, 0.25) is 0 Å². The predicted molar refractivity (Wildman–Crippen MR) is 182 cm³/mol. The van der Waals surface area contributed by atoms with Gasteiger partial charge >= 0.3 is 0 Å². The Bertz CT molecular complexity index is 2430. The lowest BCUT2D eigenvalue weighted by molar-refractivity contribution is 0.670. The van der Waals surface area contributed by atoms with E-state index in [1.165, 1.54) is 33.0 Å². The predicted octanol–water partition coefficient (Wildman–Crippen LogP) is 11.1. The van der Waals surface area contributed by atoms with E-state index < -0.39 is 0 Å². The molecule has 3 heteroatoms. The van der Waals surface area contributed by atoms with Crippen molar-refractivity contribution in [2.24, 2.45) is 0 Å². The minimum atomic E-state index is 0.901. The van der Waals surface area contributed by atoms with Crippen LogP contribution >= 0.6 is 0 Å². The zero-order chi connectivity index (χ0) is 29.0. The lowest BCUT2D eigenvalue weighted by Gasteiger charge is -2.10. The molecule has 0 amide bonds. The Morgan fingerprint density at radius 1 is 0.477 bits per heavy atom. The van der Waals surface area contributed by atoms with Crippen LogP contribution in [0.5, 0.6) is 0 Å². The minimum Gasteiger partial charge on any atom is -0.455 e. The second-order valence-corrected chi connectivity index (χ2v) is 11.3. The maximum atomic E-state index is 6.62. The fraction of sp³-hybridized carbons (Fsp3) is 0. The third-order valence-electron chi connectivity index (χ3n) is 8.64. The van der Waals surface area contributed by atoms with Gasteiger partial charge in [-0.1, -0.05) is 115 Å². The molecule has 0 unspecified atom stereocenters. The van der Waals surface area contributed by atoms with Gasteiger partial charge in [-0.3, -0.25) is 0 Å². The van der Waals surface area contributed by atoms with Crippen LogP contribution in [-0.2, 0) is 0 Å². The van der Waals surface area contributed by atoms with E-state index in [4.69, 9.17) is 9.40 Å². The first-order valence-corrected chi connectivity index (χ1v) is 14.9. The molecule has 0 bridgehead atoms. The molecule has 0 aliphatic heterocycles. The molecule has 3 aromatic heterocycles. The van der Waals surface area contributed by atoms with Gasteiger partial charge in [-0.25, -0.2) is 4.98 Å². The SMILES string of the molecule is c1ccc(-c2ccc3oc4c(-c5ccc(-c6ccc(-c7cn8ccccc8n7)cc6)cc5)c5ccccc5cc4c3c2)cc1. The van der Waals surface area contributed by atoms with E-state index in [0.29, 0.717) is 0 Å². The molecule has 9 aromatic rings. The topological polar surface area (TPSA) is 30.4 Å². The first-order chi connectivity index (χ1) is 21.8. The highest BCUT2D eigenvalue weighted by atomic mass is 16.3. The van der Waals surface area contributed by atoms with Crippen molar-refractivity contribution in [2.45, 2.75) is 0 Å². The van der Waals surface area contributed by atoms with Crippen LogP contribution in [0.3, 0.4) is 0 Å². The zero-order valence-electron chi connectivity index (χ0n) is 23.8. The standard InChI is InChI=1S/C41H26N2O/c1-2-8-27(9-3-1)32-21-22-38-35(24-32)36-25-33-10-4-5-11-34(33)40(41(36)44-38)31-19-15-29(16-20-31)28-13-17-30(18-14-28)37-26-43-23-7-6-12-39(43)42-37/h1-26H. The molecule has 206 valence electrons. The summed E-state index contributed by atoms with van der Waals surface area (Å²) < 4.78 is 8.67. The van der Waals surface area contributed by atoms with Gasteiger partial charge in [0, 0.05) is 34.3 Å². The van der Waals surface area contributed by atoms with Crippen LogP contribution in [0.15, 0.2) is 162 Å². The number of fused-ring (bicyclic) bond motifs is 5. The minimum absolute atomic E-state index is 0.901. The number of furan rings is 1. The van der Waals surface area contributed by atoms with Gasteiger partial charge in [0.1, 0.15) is 16.8 Å². The normalized spacial score (nSPS) is 11.6. The molecule has 0 saturated carbocycles. The average molecular weight is 563 g/mol. The van der Waals surface area contributed by atoms with Gasteiger partial charge in [0.25, 0.3) is 0 Å². The molecule has 0 spiro atoms. The largest absolute Gasteiger partial charge is 0.455 e. The first-order valence-electron chi connectivity index (χ1n) is 14.9. The van der Waals surface area contributed by atoms with Crippen molar-refractivity contribution in [1.82, 2.24) is 9.38 Å². The highest BCUT2D eigenvalue weighted by Crippen LogP contribution is 2.42. The van der Waals surface area contributed by atoms with E-state index in [9.17, 15) is 0 Å². The van der Waals surface area contributed by atoms with Crippen molar-refractivity contribution in [2.75, 3.05) is 0 Å². The summed E-state index contributed by atoms with van der Waals surface area (Å²) in [5.74, 6) is 0. The molecule has 0 aliphatic carbocycles. The fourth-order valence-electron chi connectivity index (χ4n) is 6.41. The van der Waals surface area contributed by atoms with Crippen molar-refractivity contribution < 1.29 is 4.42 Å². The number of aromatic nitrogens is 2. The number of hydrogen-bond acceptors (Lipinski definition) is 2. The molecule has 0 aliphatic rings. The second kappa shape index (κ2) is 9.82. The lowest BCUT2D eigenvalue weighted by atomic mass is 9.93. The molecular formula is C41H26N2O. The van der Waals surface area contributed by atoms with Crippen molar-refractivity contribution in [3.8, 4) is 44.6 Å². The van der Waals surface area contributed by atoms with Gasteiger partial charge in [0.05, 0.1) is 5.69 Å². The summed E-state index contributed by atoms with van der Waals surface area (Å²) in [6.45, 7) is 0. The van der Waals surface area contributed by atoms with Gasteiger partial charge in [-0.2, -0.15) is 0 Å². The number of hydrogen-bond donors (Lipinski definition) is 0. The molecule has 3 nitrogen and oxygen atoms in total. The Labute approximate surface area is 254 Å². The summed E-state index contributed by atoms with van der Waals surface area (Å²) in [7, 11) is 0. The van der Waals surface area contributed by atoms with Gasteiger partial charge in [-0.15, -0.1) is 0 Å². The smallest absolute Gasteiger partial charge is 0.143 e. The van der Waals surface area contributed by atoms with Crippen LogP contribution in [0, 0.1) is 0 Å². The van der Waals surface area contributed by atoms with Crippen LogP contribution in [0.4, 0.5) is 0 Å². The summed E-state index contributed by atoms with van der Waals surface area (Å²) in [4.78, 5) is 4.77. The fourth-order valence-corrected chi connectivity index (χ4v) is 6.41. The van der Waals surface area contributed by atoms with E-state index in [1.54, 1.807) is 0 Å². The zero-order valence-corrected chi connectivity index (χ0v) is 23.8. The highest BCUT2D eigenvalue weighted by Gasteiger charge is 2.17. The number of benzene rings is 6. The van der Waals surface area contributed by atoms with Crippen molar-refractivity contribution in [3.63, 3.8) is 0 Å². The van der Waals surface area contributed by atoms with Crippen LogP contribution in [0.25, 0.3) is 83.0 Å². The Morgan fingerprint density at radius 2 is 1.14 bits per heavy atom. The molecule has 44 heavy (non-hydrogen) atoms. The molecule has 3 heterocycles. The summed E-state index contributed by atoms with van der Waals surface area (Å²) in [6.07, 6.45) is 4.10. The number of nitrogens with zero attached hydrogens (tertiary/aromatic N) is 2. The highest BCUT2D eigenvalue weighted by molar-refractivity contribution is 6.18. The quantitative estimate of drug-likeness (QED) is 0.214. The average Bonchev–Trinajstić information content (AvgIpc) is 3.69. The Morgan fingerprint density at radius 3 is 1.93 bits per heavy atom. The summed E-state index contributed by atoms with van der Waals surface area (Å²) in [6, 6.07) is 51.4. The van der Waals surface area contributed by atoms with Gasteiger partial charge in [0.15, 0.2) is 0 Å². The first kappa shape index (κ1) is 24.6. The van der Waals surface area contributed by atoms with E-state index in [-0.39, 0.29) is 0 Å². The van der Waals surface area contributed by atoms with Crippen LogP contribution in [0.1, 0.15) is 0 Å². The molecule has 0 fully saturated rings. The van der Waals surface area contributed by atoms with Crippen LogP contribution in [0.2, 0.25) is 0 Å². The summed E-state index contributed by atoms with van der Waals surface area (Å²) in [5, 5.41) is 4.66. The van der Waals surface area contributed by atoms with Crippen LogP contribution < -0.4 is 0 Å². The molecule has 0 radical (unpaired) electrons. The van der Waals surface area contributed by atoms with E-state index in [0.717, 1.165) is 50.0 Å². The molecule has 0 N–H and O–H groups in total. The van der Waals surface area contributed by atoms with E-state index >= 15 is 0 Å². The van der Waals surface area contributed by atoms with Gasteiger partial charge < -0.3 is 8.82 Å². The Hall–Kier alpha value is -5.93. The summed E-state index contributed by atoms with van der Waals surface area (Å²) in [5.41, 5.74) is 11.8. The lowest BCUT2D eigenvalue weighted by Crippen LogP contribution is -1.85. The van der Waals surface area contributed by atoms with E-state index in [2.05, 4.69) is 138 Å². The molecule has 0 atom stereocenters. The number of rotatable bonds is 4. The van der Waals surface area contributed by atoms with Gasteiger partial charge in [-0.05, 0) is 68.9 Å². The van der Waals surface area contributed by atoms with Crippen molar-refractivity contribution in [1.29, 1.82) is 0 Å². The third kappa shape index (κ3) is 4.02. The second-order valence-electron chi connectivity index (χ2n) is 11.3. The monoisotopic (exact) mass is 562 g/mol. The molecule has 0 saturated heterocycles. The molecular weight excluding hydrogens is 536 g/mol. The Kier molecular flexibility index (Phi) is 5.50. The number of pyridine rings is 1. The summed E-state index contributed by atoms with van der Waals surface area (Å²) >= 11 is 0. The maximum Gasteiger partial charge on any atom is 0.143 e. The molecule has 6 aromatic carbocycles. The number of imidazole rings is 1.